The minimum absolute atomic E-state index is 0.153. The number of hydrogen-bond donors (Lipinski definition) is 1. The molecule has 0 saturated carbocycles. The average molecular weight is 323 g/mol. The number of aryl methyl sites for hydroxylation is 3. The van der Waals surface area contributed by atoms with E-state index < -0.39 is 10.0 Å². The van der Waals surface area contributed by atoms with Crippen molar-refractivity contribution in [1.29, 1.82) is 0 Å². The second-order valence-electron chi connectivity index (χ2n) is 5.08. The Hall–Kier alpha value is -1.86. The van der Waals surface area contributed by atoms with E-state index in [0.29, 0.717) is 5.75 Å². The molecule has 0 atom stereocenters. The second kappa shape index (κ2) is 6.50. The highest BCUT2D eigenvalue weighted by molar-refractivity contribution is 7.89. The van der Waals surface area contributed by atoms with Crippen molar-refractivity contribution in [1.82, 2.24) is 14.3 Å². The lowest BCUT2D eigenvalue weighted by Crippen LogP contribution is -2.25. The van der Waals surface area contributed by atoms with Gasteiger partial charge in [0.1, 0.15) is 10.6 Å². The number of sulfonamides is 1. The Bertz CT molecular complexity index is 766. The van der Waals surface area contributed by atoms with Crippen molar-refractivity contribution in [2.75, 3.05) is 7.11 Å². The topological polar surface area (TPSA) is 73.2 Å². The molecule has 120 valence electrons. The van der Waals surface area contributed by atoms with E-state index in [-0.39, 0.29) is 11.4 Å². The summed E-state index contributed by atoms with van der Waals surface area (Å²) in [6.07, 6.45) is 3.34. The molecule has 2 aromatic rings. The van der Waals surface area contributed by atoms with Crippen LogP contribution in [0.15, 0.2) is 29.6 Å². The predicted molar refractivity (Wildman–Crippen MR) is 84.4 cm³/mol. The summed E-state index contributed by atoms with van der Waals surface area (Å²) in [7, 11) is -2.19. The van der Waals surface area contributed by atoms with Crippen LogP contribution >= 0.6 is 0 Å². The summed E-state index contributed by atoms with van der Waals surface area (Å²) in [5.74, 6) is 0.347. The van der Waals surface area contributed by atoms with Crippen LogP contribution in [0.3, 0.4) is 0 Å². The summed E-state index contributed by atoms with van der Waals surface area (Å²) < 4.78 is 34.8. The smallest absolute Gasteiger partial charge is 0.244 e. The Morgan fingerprint density at radius 2 is 1.95 bits per heavy atom. The number of ether oxygens (including phenoxy) is 1. The summed E-state index contributed by atoms with van der Waals surface area (Å²) in [5.41, 5.74) is 2.70. The summed E-state index contributed by atoms with van der Waals surface area (Å²) in [4.78, 5) is 4.18. The lowest BCUT2D eigenvalue weighted by Gasteiger charge is -2.13. The molecule has 1 N–H and O–H groups in total. The summed E-state index contributed by atoms with van der Waals surface area (Å²) >= 11 is 0. The van der Waals surface area contributed by atoms with Gasteiger partial charge in [-0.15, -0.1) is 0 Å². The summed E-state index contributed by atoms with van der Waals surface area (Å²) in [5, 5.41) is 0. The first-order valence-corrected chi connectivity index (χ1v) is 8.51. The molecule has 0 radical (unpaired) electrons. The fourth-order valence-corrected chi connectivity index (χ4v) is 3.39. The number of methoxy groups -OCH3 is 1. The fraction of sp³-hybridized carbons (Fsp3) is 0.400. The molecule has 0 aliphatic carbocycles. The minimum Gasteiger partial charge on any atom is -0.495 e. The predicted octanol–water partition coefficient (Wildman–Crippen LogP) is 2.01. The molecule has 0 aliphatic heterocycles. The molecule has 0 saturated heterocycles. The lowest BCUT2D eigenvalue weighted by molar-refractivity contribution is 0.401. The molecule has 0 amide bonds. The maximum absolute atomic E-state index is 12.5. The Morgan fingerprint density at radius 3 is 2.59 bits per heavy atom. The average Bonchev–Trinajstić information content (AvgIpc) is 2.95. The zero-order valence-electron chi connectivity index (χ0n) is 13.3. The van der Waals surface area contributed by atoms with Gasteiger partial charge in [-0.1, -0.05) is 0 Å². The molecule has 1 heterocycles. The van der Waals surface area contributed by atoms with Crippen LogP contribution in [-0.4, -0.2) is 25.1 Å². The molecule has 6 nitrogen and oxygen atoms in total. The lowest BCUT2D eigenvalue weighted by atomic mass is 10.1. The number of nitrogens with zero attached hydrogens (tertiary/aromatic N) is 2. The van der Waals surface area contributed by atoms with E-state index >= 15 is 0 Å². The Balaban J connectivity index is 2.29. The molecule has 0 aliphatic rings. The van der Waals surface area contributed by atoms with Gasteiger partial charge in [0.15, 0.2) is 0 Å². The molecule has 22 heavy (non-hydrogen) atoms. The first-order chi connectivity index (χ1) is 10.4. The number of imidazole rings is 1. The van der Waals surface area contributed by atoms with E-state index in [4.69, 9.17) is 4.74 Å². The summed E-state index contributed by atoms with van der Waals surface area (Å²) in [6, 6.07) is 3.37. The van der Waals surface area contributed by atoms with Crippen LogP contribution in [0.2, 0.25) is 0 Å². The Labute approximate surface area is 131 Å². The van der Waals surface area contributed by atoms with E-state index in [0.717, 1.165) is 23.4 Å². The van der Waals surface area contributed by atoms with Crippen molar-refractivity contribution in [3.8, 4) is 5.75 Å². The van der Waals surface area contributed by atoms with Crippen LogP contribution < -0.4 is 9.46 Å². The second-order valence-corrected chi connectivity index (χ2v) is 6.82. The van der Waals surface area contributed by atoms with Gasteiger partial charge in [0.05, 0.1) is 25.7 Å². The fourth-order valence-electron chi connectivity index (χ4n) is 2.16. The van der Waals surface area contributed by atoms with Crippen LogP contribution in [0.1, 0.15) is 23.7 Å². The van der Waals surface area contributed by atoms with Gasteiger partial charge in [0, 0.05) is 12.7 Å². The van der Waals surface area contributed by atoms with Crippen molar-refractivity contribution < 1.29 is 13.2 Å². The molecule has 1 aromatic heterocycles. The van der Waals surface area contributed by atoms with Crippen molar-refractivity contribution in [3.05, 3.63) is 41.5 Å². The quantitative estimate of drug-likeness (QED) is 0.882. The first kappa shape index (κ1) is 16.5. The van der Waals surface area contributed by atoms with Gasteiger partial charge in [0.25, 0.3) is 0 Å². The zero-order chi connectivity index (χ0) is 16.3. The van der Waals surface area contributed by atoms with Gasteiger partial charge in [-0.3, -0.25) is 0 Å². The third-order valence-corrected chi connectivity index (χ3v) is 5.07. The SMILES string of the molecule is CCn1cncc1CNS(=O)(=O)c1cc(C)c(C)cc1OC. The van der Waals surface area contributed by atoms with Crippen molar-refractivity contribution in [2.24, 2.45) is 0 Å². The Kier molecular flexibility index (Phi) is 4.87. The van der Waals surface area contributed by atoms with Crippen LogP contribution in [0.4, 0.5) is 0 Å². The van der Waals surface area contributed by atoms with E-state index in [1.807, 2.05) is 25.3 Å². The maximum atomic E-state index is 12.5. The van der Waals surface area contributed by atoms with Gasteiger partial charge in [-0.25, -0.2) is 18.1 Å². The number of aromatic nitrogens is 2. The number of hydrogen-bond acceptors (Lipinski definition) is 4. The van der Waals surface area contributed by atoms with Gasteiger partial charge >= 0.3 is 0 Å². The van der Waals surface area contributed by atoms with Crippen molar-refractivity contribution in [3.63, 3.8) is 0 Å². The van der Waals surface area contributed by atoms with Crippen LogP contribution in [0, 0.1) is 13.8 Å². The number of rotatable bonds is 6. The maximum Gasteiger partial charge on any atom is 0.244 e. The van der Waals surface area contributed by atoms with E-state index in [1.54, 1.807) is 24.7 Å². The van der Waals surface area contributed by atoms with Gasteiger partial charge in [-0.05, 0) is 44.0 Å². The third kappa shape index (κ3) is 3.31. The van der Waals surface area contributed by atoms with Crippen LogP contribution in [0.25, 0.3) is 0 Å². The molecule has 0 unspecified atom stereocenters. The molecular weight excluding hydrogens is 302 g/mol. The molecule has 0 spiro atoms. The standard InChI is InChI=1S/C15H21N3O3S/c1-5-18-10-16-8-13(18)9-17-22(19,20)15-7-12(3)11(2)6-14(15)21-4/h6-8,10,17H,5,9H2,1-4H3. The zero-order valence-corrected chi connectivity index (χ0v) is 14.1. The van der Waals surface area contributed by atoms with Crippen molar-refractivity contribution in [2.45, 2.75) is 38.8 Å². The normalized spacial score (nSPS) is 11.6. The third-order valence-electron chi connectivity index (χ3n) is 3.65. The van der Waals surface area contributed by atoms with E-state index in [1.165, 1.54) is 7.11 Å². The minimum atomic E-state index is -3.66. The highest BCUT2D eigenvalue weighted by Crippen LogP contribution is 2.27. The molecule has 0 fully saturated rings. The molecule has 7 heteroatoms. The van der Waals surface area contributed by atoms with E-state index in [2.05, 4.69) is 9.71 Å². The largest absolute Gasteiger partial charge is 0.495 e. The summed E-state index contributed by atoms with van der Waals surface area (Å²) in [6.45, 7) is 6.70. The molecule has 2 rings (SSSR count). The Morgan fingerprint density at radius 1 is 1.27 bits per heavy atom. The van der Waals surface area contributed by atoms with Gasteiger partial charge in [0.2, 0.25) is 10.0 Å². The molecular formula is C15H21N3O3S. The monoisotopic (exact) mass is 323 g/mol. The van der Waals surface area contributed by atoms with E-state index in [9.17, 15) is 8.42 Å². The van der Waals surface area contributed by atoms with Crippen LogP contribution in [-0.2, 0) is 23.1 Å². The highest BCUT2D eigenvalue weighted by atomic mass is 32.2. The number of nitrogens with one attached hydrogen (secondary N) is 1. The van der Waals surface area contributed by atoms with Gasteiger partial charge in [-0.2, -0.15) is 0 Å². The highest BCUT2D eigenvalue weighted by Gasteiger charge is 2.20. The number of benzene rings is 1. The van der Waals surface area contributed by atoms with Gasteiger partial charge < -0.3 is 9.30 Å². The molecule has 1 aromatic carbocycles. The first-order valence-electron chi connectivity index (χ1n) is 7.03. The van der Waals surface area contributed by atoms with Crippen LogP contribution in [0.5, 0.6) is 5.75 Å². The van der Waals surface area contributed by atoms with Crippen molar-refractivity contribution >= 4 is 10.0 Å². The molecule has 0 bridgehead atoms.